The van der Waals surface area contributed by atoms with Gasteiger partial charge in [0.15, 0.2) is 11.5 Å². The summed E-state index contributed by atoms with van der Waals surface area (Å²) in [6.07, 6.45) is 2.21. The van der Waals surface area contributed by atoms with Crippen LogP contribution in [-0.2, 0) is 0 Å². The van der Waals surface area contributed by atoms with Gasteiger partial charge in [0.25, 0.3) is 0 Å². The van der Waals surface area contributed by atoms with Gasteiger partial charge in [0.05, 0.1) is 6.61 Å². The van der Waals surface area contributed by atoms with Crippen molar-refractivity contribution >= 4 is 0 Å². The molecular weight excluding hydrogens is 238 g/mol. The molecule has 0 saturated carbocycles. The lowest BCUT2D eigenvalue weighted by Gasteiger charge is -2.12. The fraction of sp³-hybridized carbons (Fsp3) is 0.625. The van der Waals surface area contributed by atoms with Gasteiger partial charge in [-0.2, -0.15) is 0 Å². The van der Waals surface area contributed by atoms with Gasteiger partial charge in [0.2, 0.25) is 0 Å². The summed E-state index contributed by atoms with van der Waals surface area (Å²) in [5.74, 6) is 2.42. The third-order valence-corrected chi connectivity index (χ3v) is 2.75. The Hall–Kier alpha value is -1.22. The molecule has 0 amide bonds. The van der Waals surface area contributed by atoms with Crippen LogP contribution in [0, 0.1) is 5.92 Å². The Morgan fingerprint density at radius 1 is 1.00 bits per heavy atom. The Labute approximate surface area is 117 Å². The van der Waals surface area contributed by atoms with Gasteiger partial charge in [0.1, 0.15) is 6.61 Å². The zero-order chi connectivity index (χ0) is 13.9. The molecule has 0 unspecified atom stereocenters. The molecule has 0 spiro atoms. The van der Waals surface area contributed by atoms with Gasteiger partial charge < -0.3 is 14.8 Å². The molecule has 1 rings (SSSR count). The smallest absolute Gasteiger partial charge is 0.161 e. The Bertz CT molecular complexity index is 339. The van der Waals surface area contributed by atoms with Crippen LogP contribution in [0.5, 0.6) is 11.5 Å². The first kappa shape index (κ1) is 15.8. The van der Waals surface area contributed by atoms with E-state index in [1.807, 2.05) is 24.3 Å². The van der Waals surface area contributed by atoms with Gasteiger partial charge in [-0.15, -0.1) is 0 Å². The molecule has 1 aromatic carbocycles. The molecule has 0 atom stereocenters. The average molecular weight is 265 g/mol. The van der Waals surface area contributed by atoms with Crippen LogP contribution < -0.4 is 14.8 Å². The lowest BCUT2D eigenvalue weighted by molar-refractivity contribution is 0.267. The second-order valence-electron chi connectivity index (χ2n) is 5.08. The maximum Gasteiger partial charge on any atom is 0.161 e. The van der Waals surface area contributed by atoms with Crippen molar-refractivity contribution in [1.82, 2.24) is 5.32 Å². The van der Waals surface area contributed by atoms with E-state index in [1.54, 1.807) is 0 Å². The van der Waals surface area contributed by atoms with E-state index in [2.05, 4.69) is 26.1 Å². The molecule has 0 aliphatic heterocycles. The van der Waals surface area contributed by atoms with E-state index < -0.39 is 0 Å². The standard InChI is InChI=1S/C16H27NO2/c1-4-12-18-15-7-5-6-8-16(15)19-13-11-17-10-9-14(2)3/h5-8,14,17H,4,9-13H2,1-3H3. The van der Waals surface area contributed by atoms with Crippen LogP contribution in [0.4, 0.5) is 0 Å². The maximum absolute atomic E-state index is 5.75. The molecule has 1 N–H and O–H groups in total. The molecule has 0 heterocycles. The minimum absolute atomic E-state index is 0.671. The monoisotopic (exact) mass is 265 g/mol. The number of benzene rings is 1. The summed E-state index contributed by atoms with van der Waals surface area (Å²) in [4.78, 5) is 0. The molecule has 0 aromatic heterocycles. The Morgan fingerprint density at radius 2 is 1.63 bits per heavy atom. The topological polar surface area (TPSA) is 30.5 Å². The first-order valence-corrected chi connectivity index (χ1v) is 7.29. The molecule has 3 nitrogen and oxygen atoms in total. The molecule has 0 saturated heterocycles. The first-order valence-electron chi connectivity index (χ1n) is 7.29. The van der Waals surface area contributed by atoms with Crippen molar-refractivity contribution in [3.8, 4) is 11.5 Å². The summed E-state index contributed by atoms with van der Waals surface area (Å²) < 4.78 is 11.4. The van der Waals surface area contributed by atoms with Crippen LogP contribution in [0.1, 0.15) is 33.6 Å². The van der Waals surface area contributed by atoms with Gasteiger partial charge in [-0.1, -0.05) is 32.9 Å². The Balaban J connectivity index is 2.24. The average Bonchev–Trinajstić information content (AvgIpc) is 2.41. The highest BCUT2D eigenvalue weighted by molar-refractivity contribution is 5.39. The number of ether oxygens (including phenoxy) is 2. The molecule has 0 radical (unpaired) electrons. The van der Waals surface area contributed by atoms with E-state index in [1.165, 1.54) is 6.42 Å². The molecule has 0 fully saturated rings. The molecule has 0 aliphatic carbocycles. The highest BCUT2D eigenvalue weighted by Crippen LogP contribution is 2.26. The molecular formula is C16H27NO2. The minimum Gasteiger partial charge on any atom is -0.490 e. The van der Waals surface area contributed by atoms with E-state index in [-0.39, 0.29) is 0 Å². The number of hydrogen-bond acceptors (Lipinski definition) is 3. The molecule has 3 heteroatoms. The van der Waals surface area contributed by atoms with E-state index >= 15 is 0 Å². The van der Waals surface area contributed by atoms with Gasteiger partial charge in [-0.3, -0.25) is 0 Å². The van der Waals surface area contributed by atoms with E-state index in [0.29, 0.717) is 6.61 Å². The third kappa shape index (κ3) is 7.06. The fourth-order valence-corrected chi connectivity index (χ4v) is 1.65. The van der Waals surface area contributed by atoms with Gasteiger partial charge in [-0.25, -0.2) is 0 Å². The van der Waals surface area contributed by atoms with Gasteiger partial charge in [-0.05, 0) is 37.4 Å². The second-order valence-corrected chi connectivity index (χ2v) is 5.08. The van der Waals surface area contributed by atoms with Crippen LogP contribution in [-0.4, -0.2) is 26.3 Å². The van der Waals surface area contributed by atoms with Crippen LogP contribution in [0.25, 0.3) is 0 Å². The summed E-state index contributed by atoms with van der Waals surface area (Å²) in [7, 11) is 0. The Kier molecular flexibility index (Phi) is 8.07. The molecule has 108 valence electrons. The van der Waals surface area contributed by atoms with Gasteiger partial charge in [0, 0.05) is 6.54 Å². The summed E-state index contributed by atoms with van der Waals surface area (Å²) in [6, 6.07) is 7.86. The van der Waals surface area contributed by atoms with Crippen LogP contribution in [0.3, 0.4) is 0 Å². The summed E-state index contributed by atoms with van der Waals surface area (Å²) in [6.45, 7) is 9.89. The van der Waals surface area contributed by atoms with Crippen molar-refractivity contribution in [3.05, 3.63) is 24.3 Å². The van der Waals surface area contributed by atoms with Crippen molar-refractivity contribution in [2.45, 2.75) is 33.6 Å². The largest absolute Gasteiger partial charge is 0.490 e. The first-order chi connectivity index (χ1) is 9.24. The van der Waals surface area contributed by atoms with Crippen LogP contribution in [0.15, 0.2) is 24.3 Å². The lowest BCUT2D eigenvalue weighted by atomic mass is 10.1. The van der Waals surface area contributed by atoms with Crippen molar-refractivity contribution in [1.29, 1.82) is 0 Å². The number of nitrogens with one attached hydrogen (secondary N) is 1. The molecule has 19 heavy (non-hydrogen) atoms. The SMILES string of the molecule is CCCOc1ccccc1OCCNCCC(C)C. The second kappa shape index (κ2) is 9.68. The third-order valence-electron chi connectivity index (χ3n) is 2.75. The zero-order valence-corrected chi connectivity index (χ0v) is 12.4. The molecule has 0 bridgehead atoms. The summed E-state index contributed by atoms with van der Waals surface area (Å²) in [5, 5.41) is 3.38. The van der Waals surface area contributed by atoms with E-state index in [4.69, 9.17) is 9.47 Å². The van der Waals surface area contributed by atoms with Crippen molar-refractivity contribution in [3.63, 3.8) is 0 Å². The van der Waals surface area contributed by atoms with Gasteiger partial charge >= 0.3 is 0 Å². The molecule has 1 aromatic rings. The van der Waals surface area contributed by atoms with Crippen molar-refractivity contribution in [2.24, 2.45) is 5.92 Å². The minimum atomic E-state index is 0.671. The predicted octanol–water partition coefficient (Wildman–Crippen LogP) is 3.49. The summed E-state index contributed by atoms with van der Waals surface area (Å²) >= 11 is 0. The number of para-hydroxylation sites is 2. The quantitative estimate of drug-likeness (QED) is 0.657. The summed E-state index contributed by atoms with van der Waals surface area (Å²) in [5.41, 5.74) is 0. The van der Waals surface area contributed by atoms with Crippen LogP contribution in [0.2, 0.25) is 0 Å². The predicted molar refractivity (Wildman–Crippen MR) is 80.0 cm³/mol. The van der Waals surface area contributed by atoms with Crippen LogP contribution >= 0.6 is 0 Å². The van der Waals surface area contributed by atoms with E-state index in [0.717, 1.165) is 43.5 Å². The van der Waals surface area contributed by atoms with E-state index in [9.17, 15) is 0 Å². The van der Waals surface area contributed by atoms with Crippen molar-refractivity contribution in [2.75, 3.05) is 26.3 Å². The highest BCUT2D eigenvalue weighted by atomic mass is 16.5. The Morgan fingerprint density at radius 3 is 2.21 bits per heavy atom. The lowest BCUT2D eigenvalue weighted by Crippen LogP contribution is -2.23. The normalized spacial score (nSPS) is 10.7. The maximum atomic E-state index is 5.75. The highest BCUT2D eigenvalue weighted by Gasteiger charge is 2.03. The zero-order valence-electron chi connectivity index (χ0n) is 12.4. The molecule has 0 aliphatic rings. The van der Waals surface area contributed by atoms with Crippen molar-refractivity contribution < 1.29 is 9.47 Å². The number of rotatable bonds is 10. The fourth-order valence-electron chi connectivity index (χ4n) is 1.65. The number of hydrogen-bond donors (Lipinski definition) is 1.